The van der Waals surface area contributed by atoms with Gasteiger partial charge in [-0.2, -0.15) is 0 Å². The molecular weight excluding hydrogens is 204 g/mol. The Hall–Kier alpha value is -1.42. The summed E-state index contributed by atoms with van der Waals surface area (Å²) in [5, 5.41) is 10.6. The molecule has 0 amide bonds. The molecule has 1 fully saturated rings. The molecule has 0 radical (unpaired) electrons. The van der Waals surface area contributed by atoms with Crippen molar-refractivity contribution >= 4 is 5.69 Å². The zero-order valence-corrected chi connectivity index (χ0v) is 9.56. The standard InChI is InChI=1S/C12H16N2O2/c1-11(2,13)12(7-8-12)9-3-5-10(6-4-9)14(15)16/h3-6H,7-8,13H2,1-2H3. The van der Waals surface area contributed by atoms with Gasteiger partial charge in [0, 0.05) is 23.1 Å². The fraction of sp³-hybridized carbons (Fsp3) is 0.500. The summed E-state index contributed by atoms with van der Waals surface area (Å²) in [5.74, 6) is 0. The second-order valence-electron chi connectivity index (χ2n) is 5.11. The van der Waals surface area contributed by atoms with E-state index in [9.17, 15) is 10.1 Å². The molecule has 0 heterocycles. The summed E-state index contributed by atoms with van der Waals surface area (Å²) in [6, 6.07) is 6.78. The largest absolute Gasteiger partial charge is 0.325 e. The van der Waals surface area contributed by atoms with Gasteiger partial charge in [0.15, 0.2) is 0 Å². The first-order valence-electron chi connectivity index (χ1n) is 5.41. The Balaban J connectivity index is 2.33. The molecule has 0 spiro atoms. The van der Waals surface area contributed by atoms with Crippen LogP contribution in [0, 0.1) is 10.1 Å². The highest BCUT2D eigenvalue weighted by Crippen LogP contribution is 2.54. The van der Waals surface area contributed by atoms with E-state index < -0.39 is 0 Å². The molecule has 86 valence electrons. The third-order valence-corrected chi connectivity index (χ3v) is 3.61. The smallest absolute Gasteiger partial charge is 0.269 e. The van der Waals surface area contributed by atoms with Crippen molar-refractivity contribution in [1.29, 1.82) is 0 Å². The molecule has 4 heteroatoms. The molecule has 0 saturated heterocycles. The van der Waals surface area contributed by atoms with E-state index in [1.165, 1.54) is 0 Å². The topological polar surface area (TPSA) is 69.2 Å². The Labute approximate surface area is 94.6 Å². The SMILES string of the molecule is CC(C)(N)C1(c2ccc([N+](=O)[O-])cc2)CC1. The molecule has 0 aromatic heterocycles. The maximum atomic E-state index is 10.6. The van der Waals surface area contributed by atoms with Crippen molar-refractivity contribution in [3.63, 3.8) is 0 Å². The Kier molecular flexibility index (Phi) is 2.27. The van der Waals surface area contributed by atoms with Crippen LogP contribution in [0.3, 0.4) is 0 Å². The number of non-ortho nitro benzene ring substituents is 1. The molecule has 2 N–H and O–H groups in total. The third kappa shape index (κ3) is 1.59. The summed E-state index contributed by atoms with van der Waals surface area (Å²) >= 11 is 0. The number of nitro benzene ring substituents is 1. The van der Waals surface area contributed by atoms with Crippen LogP contribution in [0.2, 0.25) is 0 Å². The summed E-state index contributed by atoms with van der Waals surface area (Å²) in [7, 11) is 0. The molecular formula is C12H16N2O2. The lowest BCUT2D eigenvalue weighted by atomic mass is 9.79. The third-order valence-electron chi connectivity index (χ3n) is 3.61. The highest BCUT2D eigenvalue weighted by molar-refractivity contribution is 5.41. The van der Waals surface area contributed by atoms with Crippen molar-refractivity contribution in [1.82, 2.24) is 0 Å². The summed E-state index contributed by atoms with van der Waals surface area (Å²) in [4.78, 5) is 10.2. The average molecular weight is 220 g/mol. The van der Waals surface area contributed by atoms with Gasteiger partial charge in [0.25, 0.3) is 5.69 Å². The van der Waals surface area contributed by atoms with E-state index in [4.69, 9.17) is 5.73 Å². The first-order chi connectivity index (χ1) is 7.37. The van der Waals surface area contributed by atoms with Crippen LogP contribution in [-0.4, -0.2) is 10.5 Å². The molecule has 1 aliphatic rings. The minimum atomic E-state index is -0.378. The quantitative estimate of drug-likeness (QED) is 0.628. The maximum Gasteiger partial charge on any atom is 0.269 e. The summed E-state index contributed by atoms with van der Waals surface area (Å²) in [6.45, 7) is 4.03. The van der Waals surface area contributed by atoms with Crippen molar-refractivity contribution in [2.45, 2.75) is 37.6 Å². The number of hydrogen-bond acceptors (Lipinski definition) is 3. The van der Waals surface area contributed by atoms with Gasteiger partial charge in [-0.25, -0.2) is 0 Å². The van der Waals surface area contributed by atoms with Crippen LogP contribution < -0.4 is 5.73 Å². The fourth-order valence-corrected chi connectivity index (χ4v) is 2.33. The van der Waals surface area contributed by atoms with Crippen molar-refractivity contribution in [3.05, 3.63) is 39.9 Å². The van der Waals surface area contributed by atoms with Crippen LogP contribution in [0.15, 0.2) is 24.3 Å². The molecule has 1 saturated carbocycles. The Bertz CT molecular complexity index is 414. The molecule has 1 aromatic rings. The van der Waals surface area contributed by atoms with Crippen LogP contribution in [-0.2, 0) is 5.41 Å². The van der Waals surface area contributed by atoms with E-state index in [-0.39, 0.29) is 21.6 Å². The monoisotopic (exact) mass is 220 g/mol. The predicted octanol–water partition coefficient (Wildman–Crippen LogP) is 2.36. The zero-order valence-electron chi connectivity index (χ0n) is 9.56. The molecule has 0 atom stereocenters. The van der Waals surface area contributed by atoms with Gasteiger partial charge in [-0.15, -0.1) is 0 Å². The van der Waals surface area contributed by atoms with Gasteiger partial charge in [0.1, 0.15) is 0 Å². The van der Waals surface area contributed by atoms with Gasteiger partial charge >= 0.3 is 0 Å². The lowest BCUT2D eigenvalue weighted by molar-refractivity contribution is -0.384. The van der Waals surface area contributed by atoms with Crippen molar-refractivity contribution in [2.75, 3.05) is 0 Å². The molecule has 0 aliphatic heterocycles. The Morgan fingerprint density at radius 2 is 1.81 bits per heavy atom. The second kappa shape index (κ2) is 3.28. The minimum absolute atomic E-state index is 0.0160. The highest BCUT2D eigenvalue weighted by atomic mass is 16.6. The molecule has 0 unspecified atom stereocenters. The van der Waals surface area contributed by atoms with Crippen LogP contribution in [0.4, 0.5) is 5.69 Å². The van der Waals surface area contributed by atoms with Gasteiger partial charge in [-0.1, -0.05) is 12.1 Å². The Morgan fingerprint density at radius 3 is 2.12 bits per heavy atom. The van der Waals surface area contributed by atoms with Crippen molar-refractivity contribution in [3.8, 4) is 0 Å². The number of benzene rings is 1. The van der Waals surface area contributed by atoms with Crippen LogP contribution in [0.5, 0.6) is 0 Å². The van der Waals surface area contributed by atoms with E-state index in [1.807, 2.05) is 26.0 Å². The van der Waals surface area contributed by atoms with E-state index in [0.717, 1.165) is 18.4 Å². The molecule has 1 aromatic carbocycles. The number of nitrogens with two attached hydrogens (primary N) is 1. The lowest BCUT2D eigenvalue weighted by Gasteiger charge is -2.31. The van der Waals surface area contributed by atoms with E-state index in [1.54, 1.807) is 12.1 Å². The van der Waals surface area contributed by atoms with Gasteiger partial charge in [0.2, 0.25) is 0 Å². The Morgan fingerprint density at radius 1 is 1.31 bits per heavy atom. The number of hydrogen-bond donors (Lipinski definition) is 1. The number of rotatable bonds is 3. The molecule has 4 nitrogen and oxygen atoms in total. The van der Waals surface area contributed by atoms with Gasteiger partial charge in [0.05, 0.1) is 4.92 Å². The van der Waals surface area contributed by atoms with E-state index in [2.05, 4.69) is 0 Å². The van der Waals surface area contributed by atoms with Gasteiger partial charge in [-0.3, -0.25) is 10.1 Å². The minimum Gasteiger partial charge on any atom is -0.325 e. The van der Waals surface area contributed by atoms with Gasteiger partial charge < -0.3 is 5.73 Å². The molecule has 0 bridgehead atoms. The van der Waals surface area contributed by atoms with Crippen LogP contribution >= 0.6 is 0 Å². The molecule has 2 rings (SSSR count). The molecule has 16 heavy (non-hydrogen) atoms. The van der Waals surface area contributed by atoms with Crippen molar-refractivity contribution < 1.29 is 4.92 Å². The van der Waals surface area contributed by atoms with Crippen molar-refractivity contribution in [2.24, 2.45) is 5.73 Å². The second-order valence-corrected chi connectivity index (χ2v) is 5.11. The number of nitrogens with zero attached hydrogens (tertiary/aromatic N) is 1. The summed E-state index contributed by atoms with van der Waals surface area (Å²) in [5.41, 5.74) is 7.16. The van der Waals surface area contributed by atoms with E-state index in [0.29, 0.717) is 0 Å². The summed E-state index contributed by atoms with van der Waals surface area (Å²) < 4.78 is 0. The lowest BCUT2D eigenvalue weighted by Crippen LogP contribution is -2.45. The zero-order chi connectivity index (χ0) is 12.0. The van der Waals surface area contributed by atoms with E-state index >= 15 is 0 Å². The van der Waals surface area contributed by atoms with Crippen LogP contribution in [0.25, 0.3) is 0 Å². The average Bonchev–Trinajstić information content (AvgIpc) is 2.97. The first-order valence-corrected chi connectivity index (χ1v) is 5.41. The van der Waals surface area contributed by atoms with Gasteiger partial charge in [-0.05, 0) is 32.3 Å². The maximum absolute atomic E-state index is 10.6. The highest BCUT2D eigenvalue weighted by Gasteiger charge is 2.53. The number of nitro groups is 1. The predicted molar refractivity (Wildman–Crippen MR) is 62.3 cm³/mol. The normalized spacial score (nSPS) is 18.2. The summed E-state index contributed by atoms with van der Waals surface area (Å²) in [6.07, 6.45) is 2.13. The molecule has 1 aliphatic carbocycles. The van der Waals surface area contributed by atoms with Crippen LogP contribution in [0.1, 0.15) is 32.3 Å². The fourth-order valence-electron chi connectivity index (χ4n) is 2.33. The first kappa shape index (κ1) is 11.1.